The van der Waals surface area contributed by atoms with Gasteiger partial charge in [0.25, 0.3) is 5.91 Å². The third-order valence-corrected chi connectivity index (χ3v) is 4.77. The third-order valence-electron chi connectivity index (χ3n) is 4.77. The van der Waals surface area contributed by atoms with Crippen molar-refractivity contribution in [3.63, 3.8) is 0 Å². The number of amides is 2. The molecule has 1 saturated heterocycles. The molecule has 3 rings (SSSR count). The number of aryl methyl sites for hydroxylation is 3. The van der Waals surface area contributed by atoms with E-state index in [1.165, 1.54) is 5.56 Å². The van der Waals surface area contributed by atoms with Crippen LogP contribution in [0.3, 0.4) is 0 Å². The minimum Gasteiger partial charge on any atom is -0.427 e. The van der Waals surface area contributed by atoms with Gasteiger partial charge in [-0.15, -0.1) is 0 Å². The molecule has 0 aliphatic carbocycles. The molecule has 1 aliphatic heterocycles. The molecule has 1 aromatic heterocycles. The fourth-order valence-electron chi connectivity index (χ4n) is 3.32. The van der Waals surface area contributed by atoms with E-state index >= 15 is 0 Å². The summed E-state index contributed by atoms with van der Waals surface area (Å²) in [6, 6.07) is 11.9. The molecule has 1 aliphatic rings. The highest BCUT2D eigenvalue weighted by molar-refractivity contribution is 5.95. The SMILES string of the molecule is Cc1cc(CCCc2ccccc2)oc(=O)c1C(=O)NCC1CNC(=O)C1. The zero-order chi connectivity index (χ0) is 19.2. The van der Waals surface area contributed by atoms with E-state index in [1.54, 1.807) is 13.0 Å². The Morgan fingerprint density at radius 3 is 2.67 bits per heavy atom. The van der Waals surface area contributed by atoms with Crippen LogP contribution in [0.4, 0.5) is 0 Å². The highest BCUT2D eigenvalue weighted by Crippen LogP contribution is 2.12. The van der Waals surface area contributed by atoms with E-state index in [9.17, 15) is 14.4 Å². The Morgan fingerprint density at radius 1 is 1.22 bits per heavy atom. The standard InChI is InChI=1S/C21H24N2O4/c1-14-10-17(9-5-8-15-6-3-2-4-7-15)27-21(26)19(14)20(25)23-13-16-11-18(24)22-12-16/h2-4,6-7,10,16H,5,8-9,11-13H2,1H3,(H,22,24)(H,23,25). The Hall–Kier alpha value is -2.89. The Morgan fingerprint density at radius 2 is 2.00 bits per heavy atom. The van der Waals surface area contributed by atoms with Gasteiger partial charge in [-0.25, -0.2) is 4.79 Å². The van der Waals surface area contributed by atoms with Crippen LogP contribution >= 0.6 is 0 Å². The molecule has 0 bridgehead atoms. The van der Waals surface area contributed by atoms with Crippen LogP contribution in [0.2, 0.25) is 0 Å². The van der Waals surface area contributed by atoms with Gasteiger partial charge in [-0.3, -0.25) is 9.59 Å². The van der Waals surface area contributed by atoms with E-state index in [-0.39, 0.29) is 17.4 Å². The lowest BCUT2D eigenvalue weighted by molar-refractivity contribution is -0.119. The highest BCUT2D eigenvalue weighted by Gasteiger charge is 2.23. The second-order valence-corrected chi connectivity index (χ2v) is 6.98. The van der Waals surface area contributed by atoms with E-state index < -0.39 is 11.5 Å². The molecule has 2 aromatic rings. The highest BCUT2D eigenvalue weighted by atomic mass is 16.4. The fourth-order valence-corrected chi connectivity index (χ4v) is 3.32. The number of benzene rings is 1. The summed E-state index contributed by atoms with van der Waals surface area (Å²) in [6.07, 6.45) is 2.80. The predicted octanol–water partition coefficient (Wildman–Crippen LogP) is 1.99. The minimum absolute atomic E-state index is 0.00945. The molecule has 1 atom stereocenters. The Labute approximate surface area is 158 Å². The van der Waals surface area contributed by atoms with Crippen LogP contribution < -0.4 is 16.3 Å². The van der Waals surface area contributed by atoms with Gasteiger partial charge >= 0.3 is 5.63 Å². The second-order valence-electron chi connectivity index (χ2n) is 6.98. The van der Waals surface area contributed by atoms with Gasteiger partial charge in [0, 0.05) is 31.8 Å². The molecule has 0 radical (unpaired) electrons. The summed E-state index contributed by atoms with van der Waals surface area (Å²) < 4.78 is 5.35. The van der Waals surface area contributed by atoms with Crippen molar-refractivity contribution in [3.05, 3.63) is 69.3 Å². The lowest BCUT2D eigenvalue weighted by Crippen LogP contribution is -2.34. The smallest absolute Gasteiger partial charge is 0.349 e. The minimum atomic E-state index is -0.608. The molecule has 1 unspecified atom stereocenters. The maximum atomic E-state index is 12.4. The van der Waals surface area contributed by atoms with Crippen LogP contribution in [0.15, 0.2) is 45.6 Å². The van der Waals surface area contributed by atoms with Crippen molar-refractivity contribution in [2.45, 2.75) is 32.6 Å². The Bertz CT molecular complexity index is 873. The number of carbonyl (C=O) groups excluding carboxylic acids is 2. The monoisotopic (exact) mass is 368 g/mol. The summed E-state index contributed by atoms with van der Waals surface area (Å²) in [4.78, 5) is 35.9. The van der Waals surface area contributed by atoms with Gasteiger partial charge in [-0.1, -0.05) is 30.3 Å². The lowest BCUT2D eigenvalue weighted by atomic mass is 10.1. The molecule has 1 fully saturated rings. The van der Waals surface area contributed by atoms with Crippen molar-refractivity contribution >= 4 is 11.8 Å². The number of hydrogen-bond donors (Lipinski definition) is 2. The molecule has 2 heterocycles. The average molecular weight is 368 g/mol. The molecular formula is C21H24N2O4. The first-order valence-corrected chi connectivity index (χ1v) is 9.25. The van der Waals surface area contributed by atoms with Crippen molar-refractivity contribution in [1.29, 1.82) is 0 Å². The van der Waals surface area contributed by atoms with Gasteiger partial charge in [0.2, 0.25) is 5.91 Å². The Kier molecular flexibility index (Phi) is 6.06. The third kappa shape index (κ3) is 5.06. The fraction of sp³-hybridized carbons (Fsp3) is 0.381. The molecule has 6 nitrogen and oxygen atoms in total. The molecule has 6 heteroatoms. The molecular weight excluding hydrogens is 344 g/mol. The molecule has 2 N–H and O–H groups in total. The lowest BCUT2D eigenvalue weighted by Gasteiger charge is -2.10. The summed E-state index contributed by atoms with van der Waals surface area (Å²) in [5, 5.41) is 5.46. The van der Waals surface area contributed by atoms with Crippen LogP contribution in [0.25, 0.3) is 0 Å². The number of nitrogens with one attached hydrogen (secondary N) is 2. The first-order valence-electron chi connectivity index (χ1n) is 9.25. The van der Waals surface area contributed by atoms with E-state index in [0.29, 0.717) is 37.3 Å². The van der Waals surface area contributed by atoms with E-state index in [1.807, 2.05) is 18.2 Å². The maximum Gasteiger partial charge on any atom is 0.349 e. The molecule has 0 saturated carbocycles. The molecule has 2 amide bonds. The van der Waals surface area contributed by atoms with Crippen molar-refractivity contribution in [3.8, 4) is 0 Å². The normalized spacial score (nSPS) is 16.2. The van der Waals surface area contributed by atoms with Gasteiger partial charge in [0.05, 0.1) is 0 Å². The second kappa shape index (κ2) is 8.66. The van der Waals surface area contributed by atoms with Crippen LogP contribution in [-0.4, -0.2) is 24.9 Å². The largest absolute Gasteiger partial charge is 0.427 e. The summed E-state index contributed by atoms with van der Waals surface area (Å²) in [5.41, 5.74) is 1.29. The molecule has 1 aromatic carbocycles. The van der Waals surface area contributed by atoms with Gasteiger partial charge in [0.15, 0.2) is 0 Å². The summed E-state index contributed by atoms with van der Waals surface area (Å²) in [5.74, 6) is 0.197. The van der Waals surface area contributed by atoms with Gasteiger partial charge in [0.1, 0.15) is 11.3 Å². The quantitative estimate of drug-likeness (QED) is 0.782. The van der Waals surface area contributed by atoms with E-state index in [4.69, 9.17) is 4.42 Å². The van der Waals surface area contributed by atoms with E-state index in [0.717, 1.165) is 12.8 Å². The molecule has 142 valence electrons. The van der Waals surface area contributed by atoms with Crippen LogP contribution in [-0.2, 0) is 17.6 Å². The summed E-state index contributed by atoms with van der Waals surface area (Å²) >= 11 is 0. The van der Waals surface area contributed by atoms with E-state index in [2.05, 4.69) is 22.8 Å². The van der Waals surface area contributed by atoms with Gasteiger partial charge < -0.3 is 15.1 Å². The average Bonchev–Trinajstić information content (AvgIpc) is 3.06. The number of carbonyl (C=O) groups is 2. The first kappa shape index (κ1) is 18.9. The first-order chi connectivity index (χ1) is 13.0. The van der Waals surface area contributed by atoms with Gasteiger partial charge in [-0.2, -0.15) is 0 Å². The van der Waals surface area contributed by atoms with Crippen LogP contribution in [0.1, 0.15) is 40.1 Å². The zero-order valence-electron chi connectivity index (χ0n) is 15.4. The molecule has 0 spiro atoms. The zero-order valence-corrected chi connectivity index (χ0v) is 15.4. The van der Waals surface area contributed by atoms with Crippen molar-refractivity contribution in [1.82, 2.24) is 10.6 Å². The number of hydrogen-bond acceptors (Lipinski definition) is 4. The Balaban J connectivity index is 1.57. The summed E-state index contributed by atoms with van der Waals surface area (Å²) in [6.45, 7) is 2.65. The van der Waals surface area contributed by atoms with Crippen molar-refractivity contribution < 1.29 is 14.0 Å². The topological polar surface area (TPSA) is 88.4 Å². The predicted molar refractivity (Wildman–Crippen MR) is 102 cm³/mol. The maximum absolute atomic E-state index is 12.4. The number of rotatable bonds is 7. The van der Waals surface area contributed by atoms with Crippen molar-refractivity contribution in [2.75, 3.05) is 13.1 Å². The van der Waals surface area contributed by atoms with Crippen molar-refractivity contribution in [2.24, 2.45) is 5.92 Å². The van der Waals surface area contributed by atoms with Gasteiger partial charge in [-0.05, 0) is 37.0 Å². The van der Waals surface area contributed by atoms with Crippen LogP contribution in [0.5, 0.6) is 0 Å². The summed E-state index contributed by atoms with van der Waals surface area (Å²) in [7, 11) is 0. The van der Waals surface area contributed by atoms with Crippen LogP contribution in [0, 0.1) is 12.8 Å². The molecule has 27 heavy (non-hydrogen) atoms.